The summed E-state index contributed by atoms with van der Waals surface area (Å²) in [4.78, 5) is 13.7. The molecule has 5 heteroatoms. The van der Waals surface area contributed by atoms with E-state index in [-0.39, 0.29) is 6.03 Å². The number of likely N-dealkylation sites (N-methyl/N-ethyl adjacent to an activating group) is 1. The third kappa shape index (κ3) is 6.03. The highest BCUT2D eigenvalue weighted by Gasteiger charge is 2.09. The van der Waals surface area contributed by atoms with Crippen molar-refractivity contribution in [3.05, 3.63) is 59.7 Å². The number of nitrogens with one attached hydrogen (secondary N) is 1. The summed E-state index contributed by atoms with van der Waals surface area (Å²) in [6, 6.07) is 15.5. The van der Waals surface area contributed by atoms with Crippen LogP contribution in [-0.4, -0.2) is 44.8 Å². The maximum Gasteiger partial charge on any atom is 0.317 e. The molecule has 2 aromatic carbocycles. The van der Waals surface area contributed by atoms with Gasteiger partial charge in [-0.15, -0.1) is 0 Å². The second-order valence-electron chi connectivity index (χ2n) is 5.88. The average molecular weight is 342 g/mol. The number of urea groups is 1. The van der Waals surface area contributed by atoms with E-state index in [1.807, 2.05) is 49.4 Å². The summed E-state index contributed by atoms with van der Waals surface area (Å²) >= 11 is 0. The lowest BCUT2D eigenvalue weighted by atomic mass is 10.1. The van der Waals surface area contributed by atoms with Gasteiger partial charge in [0.2, 0.25) is 0 Å². The average Bonchev–Trinajstić information content (AvgIpc) is 2.62. The summed E-state index contributed by atoms with van der Waals surface area (Å²) in [6.07, 6.45) is 0.727. The number of aryl methyl sites for hydroxylation is 1. The van der Waals surface area contributed by atoms with Crippen molar-refractivity contribution < 1.29 is 14.3 Å². The van der Waals surface area contributed by atoms with Crippen molar-refractivity contribution in [2.75, 3.05) is 33.9 Å². The van der Waals surface area contributed by atoms with Crippen LogP contribution in [0.2, 0.25) is 0 Å². The number of amides is 2. The molecule has 1 N–H and O–H groups in total. The molecule has 134 valence electrons. The number of benzene rings is 2. The minimum Gasteiger partial charge on any atom is -0.496 e. The smallest absolute Gasteiger partial charge is 0.317 e. The van der Waals surface area contributed by atoms with Gasteiger partial charge in [0.15, 0.2) is 0 Å². The number of hydrogen-bond acceptors (Lipinski definition) is 3. The SMILES string of the molecule is COc1ccc(C)cc1CCNC(=O)N(C)CCOc1ccccc1. The molecule has 0 aliphatic rings. The predicted molar refractivity (Wildman–Crippen MR) is 99.4 cm³/mol. The minimum atomic E-state index is -0.108. The molecule has 2 amide bonds. The highest BCUT2D eigenvalue weighted by molar-refractivity contribution is 5.73. The molecule has 5 nitrogen and oxygen atoms in total. The fourth-order valence-electron chi connectivity index (χ4n) is 2.46. The van der Waals surface area contributed by atoms with Crippen molar-refractivity contribution in [1.82, 2.24) is 10.2 Å². The molecule has 2 rings (SSSR count). The monoisotopic (exact) mass is 342 g/mol. The van der Waals surface area contributed by atoms with Crippen LogP contribution >= 0.6 is 0 Å². The quantitative estimate of drug-likeness (QED) is 0.801. The maximum absolute atomic E-state index is 12.1. The number of rotatable bonds is 8. The van der Waals surface area contributed by atoms with Gasteiger partial charge in [-0.05, 0) is 37.1 Å². The molecule has 0 fully saturated rings. The van der Waals surface area contributed by atoms with Gasteiger partial charge in [0, 0.05) is 13.6 Å². The summed E-state index contributed by atoms with van der Waals surface area (Å²) in [5.41, 5.74) is 2.27. The molecule has 0 radical (unpaired) electrons. The zero-order valence-corrected chi connectivity index (χ0v) is 15.1. The first-order valence-corrected chi connectivity index (χ1v) is 8.40. The van der Waals surface area contributed by atoms with Crippen LogP contribution in [0.5, 0.6) is 11.5 Å². The Morgan fingerprint density at radius 1 is 1.16 bits per heavy atom. The first-order valence-electron chi connectivity index (χ1n) is 8.40. The van der Waals surface area contributed by atoms with Crippen molar-refractivity contribution in [3.8, 4) is 11.5 Å². The van der Waals surface area contributed by atoms with Gasteiger partial charge >= 0.3 is 6.03 Å². The van der Waals surface area contributed by atoms with Gasteiger partial charge < -0.3 is 19.7 Å². The number of carbonyl (C=O) groups excluding carboxylic acids is 1. The van der Waals surface area contributed by atoms with Gasteiger partial charge in [0.1, 0.15) is 18.1 Å². The Morgan fingerprint density at radius 2 is 1.92 bits per heavy atom. The van der Waals surface area contributed by atoms with E-state index in [0.29, 0.717) is 19.7 Å². The largest absolute Gasteiger partial charge is 0.496 e. The molecule has 2 aromatic rings. The van der Waals surface area contributed by atoms with Crippen LogP contribution in [0.4, 0.5) is 4.79 Å². The third-order valence-corrected chi connectivity index (χ3v) is 3.89. The second-order valence-corrected chi connectivity index (χ2v) is 5.88. The topological polar surface area (TPSA) is 50.8 Å². The maximum atomic E-state index is 12.1. The Balaban J connectivity index is 1.71. The number of hydrogen-bond donors (Lipinski definition) is 1. The minimum absolute atomic E-state index is 0.108. The zero-order valence-electron chi connectivity index (χ0n) is 15.1. The first kappa shape index (κ1) is 18.6. The van der Waals surface area contributed by atoms with Gasteiger partial charge in [-0.1, -0.05) is 35.9 Å². The lowest BCUT2D eigenvalue weighted by molar-refractivity contribution is 0.195. The molecule has 0 aliphatic carbocycles. The van der Waals surface area contributed by atoms with Crippen molar-refractivity contribution in [2.24, 2.45) is 0 Å². The Hall–Kier alpha value is -2.69. The normalized spacial score (nSPS) is 10.2. The Morgan fingerprint density at radius 3 is 2.64 bits per heavy atom. The number of ether oxygens (including phenoxy) is 2. The summed E-state index contributed by atoms with van der Waals surface area (Å²) in [7, 11) is 3.42. The Bertz CT molecular complexity index is 674. The van der Waals surface area contributed by atoms with E-state index in [1.54, 1.807) is 19.1 Å². The third-order valence-electron chi connectivity index (χ3n) is 3.89. The van der Waals surface area contributed by atoms with Crippen LogP contribution < -0.4 is 14.8 Å². The molecule has 0 saturated heterocycles. The van der Waals surface area contributed by atoms with Crippen LogP contribution in [0.15, 0.2) is 48.5 Å². The predicted octanol–water partition coefficient (Wildman–Crippen LogP) is 3.27. The fraction of sp³-hybridized carbons (Fsp3) is 0.350. The molecule has 0 bridgehead atoms. The standard InChI is InChI=1S/C20H26N2O3/c1-16-9-10-19(24-3)17(15-16)11-12-21-20(23)22(2)13-14-25-18-7-5-4-6-8-18/h4-10,15H,11-14H2,1-3H3,(H,21,23). The lowest BCUT2D eigenvalue weighted by Gasteiger charge is -2.18. The van der Waals surface area contributed by atoms with Gasteiger partial charge in [-0.2, -0.15) is 0 Å². The molecule has 0 saturated carbocycles. The van der Waals surface area contributed by atoms with E-state index >= 15 is 0 Å². The van der Waals surface area contributed by atoms with Crippen LogP contribution in [0.1, 0.15) is 11.1 Å². The number of para-hydroxylation sites is 1. The lowest BCUT2D eigenvalue weighted by Crippen LogP contribution is -2.40. The summed E-state index contributed by atoms with van der Waals surface area (Å²) in [5, 5.41) is 2.93. The fourth-order valence-corrected chi connectivity index (χ4v) is 2.46. The van der Waals surface area contributed by atoms with Crippen LogP contribution in [-0.2, 0) is 6.42 Å². The Labute approximate surface area is 149 Å². The molecule has 0 unspecified atom stereocenters. The van der Waals surface area contributed by atoms with E-state index in [2.05, 4.69) is 11.4 Å². The molecule has 0 atom stereocenters. The van der Waals surface area contributed by atoms with Gasteiger partial charge in [0.25, 0.3) is 0 Å². The van der Waals surface area contributed by atoms with Crippen molar-refractivity contribution in [1.29, 1.82) is 0 Å². The molecule has 25 heavy (non-hydrogen) atoms. The second kappa shape index (κ2) is 9.57. The van der Waals surface area contributed by atoms with Crippen LogP contribution in [0, 0.1) is 6.92 Å². The Kier molecular flexibility index (Phi) is 7.14. The highest BCUT2D eigenvalue weighted by atomic mass is 16.5. The van der Waals surface area contributed by atoms with Crippen molar-refractivity contribution >= 4 is 6.03 Å². The molecule has 0 heterocycles. The van der Waals surface area contributed by atoms with Gasteiger partial charge in [-0.3, -0.25) is 0 Å². The van der Waals surface area contributed by atoms with E-state index < -0.39 is 0 Å². The summed E-state index contributed by atoms with van der Waals surface area (Å²) in [6.45, 7) is 3.58. The molecule has 0 spiro atoms. The summed E-state index contributed by atoms with van der Waals surface area (Å²) in [5.74, 6) is 1.66. The van der Waals surface area contributed by atoms with Crippen LogP contribution in [0.3, 0.4) is 0 Å². The molecular formula is C20H26N2O3. The van der Waals surface area contributed by atoms with E-state index in [1.165, 1.54) is 5.56 Å². The number of methoxy groups -OCH3 is 1. The highest BCUT2D eigenvalue weighted by Crippen LogP contribution is 2.19. The van der Waals surface area contributed by atoms with E-state index in [0.717, 1.165) is 23.5 Å². The molecule has 0 aliphatic heterocycles. The van der Waals surface area contributed by atoms with E-state index in [4.69, 9.17) is 9.47 Å². The van der Waals surface area contributed by atoms with Crippen LogP contribution in [0.25, 0.3) is 0 Å². The van der Waals surface area contributed by atoms with Crippen molar-refractivity contribution in [3.63, 3.8) is 0 Å². The summed E-state index contributed by atoms with van der Waals surface area (Å²) < 4.78 is 11.0. The van der Waals surface area contributed by atoms with E-state index in [9.17, 15) is 4.79 Å². The number of nitrogens with zero attached hydrogens (tertiary/aromatic N) is 1. The van der Waals surface area contributed by atoms with Gasteiger partial charge in [-0.25, -0.2) is 4.79 Å². The molecular weight excluding hydrogens is 316 g/mol. The number of carbonyl (C=O) groups is 1. The zero-order chi connectivity index (χ0) is 18.1. The first-order chi connectivity index (χ1) is 12.1. The molecule has 0 aromatic heterocycles. The van der Waals surface area contributed by atoms with Gasteiger partial charge in [0.05, 0.1) is 13.7 Å². The van der Waals surface area contributed by atoms with Crippen molar-refractivity contribution in [2.45, 2.75) is 13.3 Å².